The van der Waals surface area contributed by atoms with E-state index in [1.54, 1.807) is 75.3 Å². The van der Waals surface area contributed by atoms with Crippen LogP contribution in [0.4, 0.5) is 27.6 Å². The van der Waals surface area contributed by atoms with E-state index in [4.69, 9.17) is 61.6 Å². The third kappa shape index (κ3) is 24.1. The molecule has 7 unspecified atom stereocenters. The Kier molecular flexibility index (Phi) is 29.8. The van der Waals surface area contributed by atoms with Crippen LogP contribution in [0.25, 0.3) is 0 Å². The number of aliphatic hydroxyl groups is 3. The number of benzene rings is 2. The first-order chi connectivity index (χ1) is 48.5. The summed E-state index contributed by atoms with van der Waals surface area (Å²) in [5.74, 6) is -4.77. The normalized spacial score (nSPS) is 24.9. The first kappa shape index (κ1) is 85.0. The highest BCUT2D eigenvalue weighted by atomic mass is 19.4. The Morgan fingerprint density at radius 1 is 0.731 bits per heavy atom. The minimum Gasteiger partial charge on any atom is -0.496 e. The van der Waals surface area contributed by atoms with Crippen molar-refractivity contribution < 1.29 is 128 Å². The van der Waals surface area contributed by atoms with Crippen LogP contribution in [0.15, 0.2) is 47.6 Å². The van der Waals surface area contributed by atoms with E-state index >= 15 is 0 Å². The van der Waals surface area contributed by atoms with E-state index in [0.717, 1.165) is 23.6 Å². The fourth-order valence-electron chi connectivity index (χ4n) is 12.4. The van der Waals surface area contributed by atoms with Gasteiger partial charge in [-0.05, 0) is 158 Å². The molecule has 3 heterocycles. The van der Waals surface area contributed by atoms with Crippen LogP contribution in [0, 0.1) is 12.8 Å². The Bertz CT molecular complexity index is 3400. The van der Waals surface area contributed by atoms with Gasteiger partial charge in [-0.25, -0.2) is 19.2 Å². The SMILES string of the molecule is COCCOCOc1c(C/C=C(\C)CC(C/C(C)=C/CNC(=O)c2ccc(C(=O)N[C@@H]3CC(NC(=O)OC(C)(C)C)[C@@H](O[C@H]4OC(CNC(=O)OC(C)(C)C)CCC4NC(=O)OC(C)(C)C)[C@H](O)C3O[C@H]3OC[C@](C)(O)C(N(C)C(=O)C(F)(F)F)C3O)cc2)C(=O)OC)c(OC)c(C)c2c1C(=O)OC2. The Morgan fingerprint density at radius 3 is 1.86 bits per heavy atom. The van der Waals surface area contributed by atoms with E-state index < -0.39 is 163 Å². The lowest BCUT2D eigenvalue weighted by molar-refractivity contribution is -0.315. The summed E-state index contributed by atoms with van der Waals surface area (Å²) in [7, 11) is 5.04. The molecule has 0 radical (unpaired) electrons. The molecule has 3 aliphatic heterocycles. The average molecular weight is 1480 g/mol. The predicted octanol–water partition coefficient (Wildman–Crippen LogP) is 6.42. The minimum absolute atomic E-state index is 0.00831. The topological polar surface area (TPSA) is 381 Å². The van der Waals surface area contributed by atoms with Gasteiger partial charge < -0.3 is 108 Å². The quantitative estimate of drug-likeness (QED) is 0.0150. The van der Waals surface area contributed by atoms with Gasteiger partial charge >= 0.3 is 42.3 Å². The highest BCUT2D eigenvalue weighted by molar-refractivity contribution is 5.99. The number of nitrogens with zero attached hydrogens (tertiary/aromatic N) is 1. The number of carbonyl (C=O) groups is 8. The number of amides is 6. The predicted molar refractivity (Wildman–Crippen MR) is 364 cm³/mol. The van der Waals surface area contributed by atoms with Crippen molar-refractivity contribution in [1.82, 2.24) is 31.5 Å². The van der Waals surface area contributed by atoms with Gasteiger partial charge in [0.15, 0.2) is 19.4 Å². The number of allylic oxidation sites excluding steroid dienone is 3. The largest absolute Gasteiger partial charge is 0.496 e. The summed E-state index contributed by atoms with van der Waals surface area (Å²) in [6, 6.07) is -0.736. The van der Waals surface area contributed by atoms with Crippen molar-refractivity contribution in [1.29, 1.82) is 0 Å². The summed E-state index contributed by atoms with van der Waals surface area (Å²) in [4.78, 5) is 107. The standard InChI is InChI=1S/C71H103F3N6O24/c1-37(18-24-44-52(93-16)39(3)45-34-96-60(86)49(45)53(44)98-36-95-29-28-92-15)30-42(59(85)94-17)31-38(2)26-27-75-57(83)40-19-21-41(22-20-40)58(84)77-47-32-48(79-66(90)104-69(10,11)12)55(50(81)54(47)101-62-51(82)56(70(13,91)35-97-62)80(14)63(87)71(72,73)74)100-61-46(78-65(89)103-68(7,8)9)25-23-43(99-61)33-76-64(88)102-67(4,5)6/h18-22,26,42-43,46-48,50-51,54-56,61-62,81-82,91H,23-25,27-36H2,1-17H3,(H,75,83)(H,76,88)(H,77,84)(H,78,89)(H,79,90)/b37-18+,38-26+/t42?,43?,46?,47-,48?,50-,51?,54?,55-,56?,61-,62-,70+/m1/s1. The number of esters is 2. The van der Waals surface area contributed by atoms with E-state index in [0.29, 0.717) is 30.5 Å². The summed E-state index contributed by atoms with van der Waals surface area (Å²) in [6.45, 7) is 20.6. The Balaban J connectivity index is 1.24. The van der Waals surface area contributed by atoms with Gasteiger partial charge in [0.1, 0.15) is 70.5 Å². The third-order valence-electron chi connectivity index (χ3n) is 17.2. The van der Waals surface area contributed by atoms with E-state index in [9.17, 15) is 66.8 Å². The molecule has 13 atom stereocenters. The second kappa shape index (κ2) is 36.4. The summed E-state index contributed by atoms with van der Waals surface area (Å²) in [5, 5.41) is 49.6. The second-order valence-electron chi connectivity index (χ2n) is 29.3. The molecule has 6 amide bonds. The van der Waals surface area contributed by atoms with Gasteiger partial charge in [-0.1, -0.05) is 23.3 Å². The van der Waals surface area contributed by atoms with E-state index in [1.165, 1.54) is 45.6 Å². The Hall–Kier alpha value is -7.89. The molecule has 1 saturated carbocycles. The molecular weight excluding hydrogens is 1380 g/mol. The number of fused-ring (bicyclic) bond motifs is 1. The van der Waals surface area contributed by atoms with Gasteiger partial charge in [0.25, 0.3) is 11.8 Å². The van der Waals surface area contributed by atoms with Crippen molar-refractivity contribution in [3.8, 4) is 11.5 Å². The molecule has 8 N–H and O–H groups in total. The molecule has 4 aliphatic rings. The smallest absolute Gasteiger partial charge is 0.471 e. The molecular formula is C71H103F3N6O24. The summed E-state index contributed by atoms with van der Waals surface area (Å²) in [6.07, 6.45) is -16.4. The molecule has 1 aliphatic carbocycles. The van der Waals surface area contributed by atoms with Gasteiger partial charge in [-0.3, -0.25) is 19.2 Å². The molecule has 2 aromatic carbocycles. The zero-order valence-electron chi connectivity index (χ0n) is 62.1. The lowest BCUT2D eigenvalue weighted by atomic mass is 9.82. The number of ether oxygens (including phenoxy) is 13. The van der Waals surface area contributed by atoms with Crippen molar-refractivity contribution in [3.63, 3.8) is 0 Å². The van der Waals surface area contributed by atoms with Gasteiger partial charge in [-0.2, -0.15) is 13.2 Å². The van der Waals surface area contributed by atoms with Crippen molar-refractivity contribution >= 4 is 47.9 Å². The van der Waals surface area contributed by atoms with Crippen molar-refractivity contribution in [2.45, 2.75) is 231 Å². The van der Waals surface area contributed by atoms with Crippen molar-refractivity contribution in [2.75, 3.05) is 68.1 Å². The number of hydrogen-bond donors (Lipinski definition) is 8. The van der Waals surface area contributed by atoms with Crippen LogP contribution < -0.4 is 36.1 Å². The zero-order chi connectivity index (χ0) is 77.6. The number of halogens is 3. The van der Waals surface area contributed by atoms with Crippen molar-refractivity contribution in [3.05, 3.63) is 80.9 Å². The number of aliphatic hydroxyl groups excluding tert-OH is 2. The molecule has 30 nitrogen and oxygen atoms in total. The molecule has 104 heavy (non-hydrogen) atoms. The fraction of sp³-hybridized carbons (Fsp3) is 0.662. The Labute approximate surface area is 603 Å². The van der Waals surface area contributed by atoms with Crippen LogP contribution in [0.2, 0.25) is 0 Å². The monoisotopic (exact) mass is 1480 g/mol. The fourth-order valence-corrected chi connectivity index (χ4v) is 12.4. The van der Waals surface area contributed by atoms with Gasteiger partial charge in [0, 0.05) is 49.5 Å². The van der Waals surface area contributed by atoms with Crippen LogP contribution in [0.1, 0.15) is 163 Å². The molecule has 0 aromatic heterocycles. The zero-order valence-corrected chi connectivity index (χ0v) is 62.1. The number of methoxy groups -OCH3 is 3. The van der Waals surface area contributed by atoms with Crippen LogP contribution >= 0.6 is 0 Å². The van der Waals surface area contributed by atoms with Gasteiger partial charge in [-0.15, -0.1) is 0 Å². The van der Waals surface area contributed by atoms with Crippen LogP contribution in [0.5, 0.6) is 11.5 Å². The van der Waals surface area contributed by atoms with Gasteiger partial charge in [0.2, 0.25) is 0 Å². The molecule has 0 spiro atoms. The van der Waals surface area contributed by atoms with Gasteiger partial charge in [0.05, 0.1) is 70.2 Å². The molecule has 582 valence electrons. The maximum atomic E-state index is 14.6. The van der Waals surface area contributed by atoms with E-state index in [-0.39, 0.29) is 92.5 Å². The highest BCUT2D eigenvalue weighted by Crippen LogP contribution is 2.44. The lowest BCUT2D eigenvalue weighted by Crippen LogP contribution is -2.71. The first-order valence-electron chi connectivity index (χ1n) is 34.1. The summed E-state index contributed by atoms with van der Waals surface area (Å²) in [5.41, 5.74) is -1.51. The average Bonchev–Trinajstić information content (AvgIpc) is 1.33. The number of nitrogens with one attached hydrogen (secondary N) is 5. The maximum Gasteiger partial charge on any atom is 0.471 e. The number of alkyl halides is 3. The Morgan fingerprint density at radius 2 is 1.29 bits per heavy atom. The van der Waals surface area contributed by atoms with E-state index in [2.05, 4.69) is 26.6 Å². The molecule has 33 heteroatoms. The number of likely N-dealkylation sites (N-methyl/N-ethyl adjacent to an activating group) is 1. The molecule has 0 bridgehead atoms. The first-order valence-corrected chi connectivity index (χ1v) is 34.1. The number of hydrogen-bond acceptors (Lipinski definition) is 24. The van der Waals surface area contributed by atoms with Crippen molar-refractivity contribution in [2.24, 2.45) is 5.92 Å². The van der Waals surface area contributed by atoms with Crippen LogP contribution in [-0.2, 0) is 74.7 Å². The number of carbonyl (C=O) groups excluding carboxylic acids is 8. The number of rotatable bonds is 28. The molecule has 6 rings (SSSR count). The third-order valence-corrected chi connectivity index (χ3v) is 17.2. The molecule has 2 saturated heterocycles. The summed E-state index contributed by atoms with van der Waals surface area (Å²) < 4.78 is 117. The molecule has 2 aromatic rings. The maximum absolute atomic E-state index is 14.6. The summed E-state index contributed by atoms with van der Waals surface area (Å²) >= 11 is 0. The van der Waals surface area contributed by atoms with E-state index in [1.807, 2.05) is 19.9 Å². The highest BCUT2D eigenvalue weighted by Gasteiger charge is 2.57. The lowest BCUT2D eigenvalue weighted by Gasteiger charge is -2.51. The van der Waals surface area contributed by atoms with Crippen LogP contribution in [-0.4, -0.2) is 232 Å². The second-order valence-corrected chi connectivity index (χ2v) is 29.3. The molecule has 3 fully saturated rings. The van der Waals surface area contributed by atoms with Crippen LogP contribution in [0.3, 0.4) is 0 Å². The minimum atomic E-state index is -5.47. The number of cyclic esters (lactones) is 1. The number of alkyl carbamates (subject to hydrolysis) is 3.